The first-order valence-electron chi connectivity index (χ1n) is 14.2. The molecule has 1 saturated heterocycles. The van der Waals surface area contributed by atoms with Crippen molar-refractivity contribution in [1.29, 1.82) is 5.26 Å². The molecule has 5 heterocycles. The highest BCUT2D eigenvalue weighted by atomic mass is 32.1. The predicted octanol–water partition coefficient (Wildman–Crippen LogP) is 4.78. The lowest BCUT2D eigenvalue weighted by Gasteiger charge is -2.37. The lowest BCUT2D eigenvalue weighted by Crippen LogP contribution is -2.42. The fourth-order valence-electron chi connectivity index (χ4n) is 5.75. The van der Waals surface area contributed by atoms with Gasteiger partial charge in [-0.2, -0.15) is 10.4 Å². The number of rotatable bonds is 4. The number of carbonyl (C=O) groups is 1. The monoisotopic (exact) mass is 600 g/mol. The molecule has 224 valence electrons. The highest BCUT2D eigenvalue weighted by molar-refractivity contribution is 7.19. The van der Waals surface area contributed by atoms with Gasteiger partial charge in [0.05, 0.1) is 46.8 Å². The summed E-state index contributed by atoms with van der Waals surface area (Å²) in [4.78, 5) is 29.3. The van der Waals surface area contributed by atoms with Crippen molar-refractivity contribution in [1.82, 2.24) is 20.1 Å². The van der Waals surface area contributed by atoms with Gasteiger partial charge in [-0.3, -0.25) is 14.6 Å². The lowest BCUT2D eigenvalue weighted by molar-refractivity contribution is -0.122. The van der Waals surface area contributed by atoms with Crippen molar-refractivity contribution in [3.63, 3.8) is 0 Å². The summed E-state index contributed by atoms with van der Waals surface area (Å²) < 4.78 is 8.66. The van der Waals surface area contributed by atoms with E-state index in [1.165, 1.54) is 4.68 Å². The zero-order valence-electron chi connectivity index (χ0n) is 25.0. The molecule has 3 aromatic heterocycles. The summed E-state index contributed by atoms with van der Waals surface area (Å²) in [7, 11) is 0. The van der Waals surface area contributed by atoms with Crippen LogP contribution in [0, 0.1) is 11.3 Å². The first-order valence-corrected chi connectivity index (χ1v) is 15.0. The molecule has 0 bridgehead atoms. The molecule has 2 aliphatic rings. The van der Waals surface area contributed by atoms with Crippen LogP contribution in [-0.4, -0.2) is 57.6 Å². The third-order valence-electron chi connectivity index (χ3n) is 7.88. The van der Waals surface area contributed by atoms with E-state index in [4.69, 9.17) is 14.6 Å². The van der Waals surface area contributed by atoms with Crippen LogP contribution in [0.2, 0.25) is 0 Å². The number of aromatic nitrogens is 3. The Kier molecular flexibility index (Phi) is 8.27. The summed E-state index contributed by atoms with van der Waals surface area (Å²) in [5.74, 6) is 0.751. The summed E-state index contributed by atoms with van der Waals surface area (Å²) in [6.07, 6.45) is 4.62. The van der Waals surface area contributed by atoms with E-state index >= 15 is 0 Å². The molecule has 11 heteroatoms. The van der Waals surface area contributed by atoms with E-state index in [9.17, 15) is 10.1 Å². The van der Waals surface area contributed by atoms with E-state index in [1.807, 2.05) is 30.5 Å². The largest absolute Gasteiger partial charge is 0.489 e. The molecule has 0 radical (unpaired) electrons. The molecule has 6 rings (SSSR count). The number of hydrogen-bond acceptors (Lipinski definition) is 9. The Balaban J connectivity index is 0.00000118. The second kappa shape index (κ2) is 11.8. The Bertz CT molecular complexity index is 1760. The van der Waals surface area contributed by atoms with Crippen LogP contribution in [0.15, 0.2) is 47.5 Å². The van der Waals surface area contributed by atoms with E-state index in [1.54, 1.807) is 23.6 Å². The first kappa shape index (κ1) is 30.2. The maximum atomic E-state index is 12.9. The normalized spacial score (nSPS) is 17.4. The smallest absolute Gasteiger partial charge is 0.290 e. The second-order valence-corrected chi connectivity index (χ2v) is 13.7. The van der Waals surface area contributed by atoms with Crippen LogP contribution in [0.25, 0.3) is 21.3 Å². The molecular weight excluding hydrogens is 564 g/mol. The van der Waals surface area contributed by atoms with Crippen LogP contribution in [0.4, 0.5) is 5.69 Å². The van der Waals surface area contributed by atoms with E-state index in [0.717, 1.165) is 62.7 Å². The highest BCUT2D eigenvalue weighted by Gasteiger charge is 2.37. The Hall–Kier alpha value is -4.27. The van der Waals surface area contributed by atoms with Crippen molar-refractivity contribution in [2.45, 2.75) is 64.6 Å². The zero-order valence-corrected chi connectivity index (χ0v) is 25.9. The lowest BCUT2D eigenvalue weighted by atomic mass is 9.89. The topological polar surface area (TPSA) is 133 Å². The molecule has 1 atom stereocenters. The van der Waals surface area contributed by atoms with Gasteiger partial charge in [-0.25, -0.2) is 4.68 Å². The Morgan fingerprint density at radius 2 is 2.02 bits per heavy atom. The van der Waals surface area contributed by atoms with Gasteiger partial charge in [0.1, 0.15) is 12.4 Å². The van der Waals surface area contributed by atoms with Gasteiger partial charge in [-0.15, -0.1) is 11.3 Å². The van der Waals surface area contributed by atoms with Gasteiger partial charge in [0, 0.05) is 52.5 Å². The van der Waals surface area contributed by atoms with Gasteiger partial charge in [-0.1, -0.05) is 20.8 Å². The maximum absolute atomic E-state index is 12.9. The van der Waals surface area contributed by atoms with Gasteiger partial charge in [-0.05, 0) is 49.4 Å². The van der Waals surface area contributed by atoms with Gasteiger partial charge >= 0.3 is 0 Å². The summed E-state index contributed by atoms with van der Waals surface area (Å²) in [6, 6.07) is 12.2. The molecule has 10 nitrogen and oxygen atoms in total. The van der Waals surface area contributed by atoms with Crippen molar-refractivity contribution < 1.29 is 14.6 Å². The standard InChI is InChI=1S/C31H34N6O2S.CH2O2/c1-30(2,3)20-12-27(38)37(35-16-20)18-22-13-25-29(40-22)23(6-7-33-25)24-10-19(15-32)11-26-28(24)36(8-9-39-26)21-14-31(4,5)34-17-21;2-1-3/h6-7,10-13,16,21,34H,8-9,14,17-18H2,1-5H3;1H,(H,2,3)/t21-;/m0./s1. The van der Waals surface area contributed by atoms with Crippen molar-refractivity contribution in [3.05, 3.63) is 69.1 Å². The Labute approximate surface area is 254 Å². The minimum absolute atomic E-state index is 0.0691. The van der Waals surface area contributed by atoms with Gasteiger partial charge in [0.15, 0.2) is 0 Å². The van der Waals surface area contributed by atoms with Crippen LogP contribution >= 0.6 is 11.3 Å². The molecule has 0 aliphatic carbocycles. The number of anilines is 1. The molecule has 1 fully saturated rings. The number of benzene rings is 1. The molecule has 0 saturated carbocycles. The highest BCUT2D eigenvalue weighted by Crippen LogP contribution is 2.46. The molecule has 0 amide bonds. The minimum Gasteiger partial charge on any atom is -0.489 e. The number of nitrogens with zero attached hydrogens (tertiary/aromatic N) is 5. The summed E-state index contributed by atoms with van der Waals surface area (Å²) in [5, 5.41) is 24.9. The molecular formula is C32H36N6O4S. The van der Waals surface area contributed by atoms with Crippen LogP contribution in [0.1, 0.15) is 57.0 Å². The average Bonchev–Trinajstić information content (AvgIpc) is 3.55. The number of pyridine rings is 1. The Morgan fingerprint density at radius 1 is 1.26 bits per heavy atom. The minimum atomic E-state index is -0.250. The number of nitriles is 1. The molecule has 2 N–H and O–H groups in total. The van der Waals surface area contributed by atoms with Crippen LogP contribution in [-0.2, 0) is 16.8 Å². The van der Waals surface area contributed by atoms with Gasteiger partial charge < -0.3 is 20.1 Å². The van der Waals surface area contributed by atoms with Crippen molar-refractivity contribution in [2.24, 2.45) is 0 Å². The molecule has 4 aromatic rings. The second-order valence-electron chi connectivity index (χ2n) is 12.5. The molecule has 0 spiro atoms. The van der Waals surface area contributed by atoms with E-state index < -0.39 is 0 Å². The van der Waals surface area contributed by atoms with Crippen LogP contribution < -0.4 is 20.5 Å². The van der Waals surface area contributed by atoms with E-state index in [2.05, 4.69) is 61.0 Å². The molecule has 2 aliphatic heterocycles. The number of thiophene rings is 1. The fraction of sp³-hybridized carbons (Fsp3) is 0.406. The quantitative estimate of drug-likeness (QED) is 0.318. The summed E-state index contributed by atoms with van der Waals surface area (Å²) in [6.45, 7) is 13.1. The number of fused-ring (bicyclic) bond motifs is 2. The fourth-order valence-corrected chi connectivity index (χ4v) is 6.87. The molecule has 1 aromatic carbocycles. The van der Waals surface area contributed by atoms with Crippen molar-refractivity contribution in [2.75, 3.05) is 24.6 Å². The van der Waals surface area contributed by atoms with E-state index in [-0.39, 0.29) is 23.0 Å². The average molecular weight is 601 g/mol. The number of ether oxygens (including phenoxy) is 1. The number of hydrogen-bond donors (Lipinski definition) is 2. The van der Waals surface area contributed by atoms with Crippen LogP contribution in [0.5, 0.6) is 5.75 Å². The SMILES string of the molecule is CC1(C)C[C@H](N2CCOc3cc(C#N)cc(-c4ccnc5cc(Cn6ncc(C(C)(C)C)cc6=O)sc45)c32)CN1.O=CO. The first-order chi connectivity index (χ1) is 20.4. The van der Waals surface area contributed by atoms with E-state index in [0.29, 0.717) is 24.8 Å². The summed E-state index contributed by atoms with van der Waals surface area (Å²) >= 11 is 1.61. The van der Waals surface area contributed by atoms with Gasteiger partial charge in [0.2, 0.25) is 0 Å². The van der Waals surface area contributed by atoms with Crippen molar-refractivity contribution in [3.8, 4) is 22.9 Å². The third-order valence-corrected chi connectivity index (χ3v) is 9.02. The van der Waals surface area contributed by atoms with Gasteiger partial charge in [0.25, 0.3) is 12.0 Å². The maximum Gasteiger partial charge on any atom is 0.290 e. The third kappa shape index (κ3) is 6.26. The molecule has 0 unspecified atom stereocenters. The predicted molar refractivity (Wildman–Crippen MR) is 168 cm³/mol. The molecule has 43 heavy (non-hydrogen) atoms. The number of carboxylic acid groups (broad SMARTS) is 1. The summed E-state index contributed by atoms with van der Waals surface area (Å²) in [5.41, 5.74) is 5.19. The van der Waals surface area contributed by atoms with Crippen LogP contribution in [0.3, 0.4) is 0 Å². The zero-order chi connectivity index (χ0) is 30.9. The Morgan fingerprint density at radius 3 is 2.67 bits per heavy atom. The number of nitrogens with one attached hydrogen (secondary N) is 1. The van der Waals surface area contributed by atoms with Crippen molar-refractivity contribution >= 4 is 33.7 Å².